The van der Waals surface area contributed by atoms with Crippen molar-refractivity contribution < 1.29 is 14.3 Å². The lowest BCUT2D eigenvalue weighted by Gasteiger charge is -2.03. The van der Waals surface area contributed by atoms with E-state index < -0.39 is 0 Å². The molecule has 1 aliphatic rings. The van der Waals surface area contributed by atoms with E-state index in [1.54, 1.807) is 11.8 Å². The second-order valence-electron chi connectivity index (χ2n) is 5.27. The Morgan fingerprint density at radius 2 is 2.00 bits per heavy atom. The second-order valence-corrected chi connectivity index (χ2v) is 7.18. The lowest BCUT2D eigenvalue weighted by atomic mass is 10.1. The van der Waals surface area contributed by atoms with Gasteiger partial charge in [-0.2, -0.15) is 0 Å². The summed E-state index contributed by atoms with van der Waals surface area (Å²) in [6, 6.07) is 11.7. The predicted octanol–water partition coefficient (Wildman–Crippen LogP) is 3.93. The number of nitrogens with zero attached hydrogens (tertiary/aromatic N) is 1. The predicted molar refractivity (Wildman–Crippen MR) is 96.3 cm³/mol. The molecule has 2 heterocycles. The summed E-state index contributed by atoms with van der Waals surface area (Å²) in [7, 11) is 0. The fourth-order valence-electron chi connectivity index (χ4n) is 2.46. The average Bonchev–Trinajstić information content (AvgIpc) is 3.18. The first kappa shape index (κ1) is 15.3. The molecule has 1 aliphatic heterocycles. The third-order valence-corrected chi connectivity index (χ3v) is 5.33. The molecular weight excluding hydrogens is 344 g/mol. The first-order chi connectivity index (χ1) is 11.7. The van der Waals surface area contributed by atoms with Crippen molar-refractivity contribution in [3.63, 3.8) is 0 Å². The van der Waals surface area contributed by atoms with Gasteiger partial charge in [0.1, 0.15) is 0 Å². The summed E-state index contributed by atoms with van der Waals surface area (Å²) in [5, 5.41) is 3.45. The summed E-state index contributed by atoms with van der Waals surface area (Å²) in [5.74, 6) is 1.34. The van der Waals surface area contributed by atoms with E-state index in [0.717, 1.165) is 21.5 Å². The monoisotopic (exact) mass is 358 g/mol. The molecule has 1 aromatic heterocycles. The number of fused-ring (bicyclic) bond motifs is 2. The summed E-state index contributed by atoms with van der Waals surface area (Å²) in [6.07, 6.45) is 2.36. The van der Waals surface area contributed by atoms with Crippen molar-refractivity contribution in [1.82, 2.24) is 4.98 Å². The molecule has 7 heteroatoms. The van der Waals surface area contributed by atoms with Gasteiger partial charge in [0, 0.05) is 17.0 Å². The van der Waals surface area contributed by atoms with Gasteiger partial charge < -0.3 is 14.8 Å². The van der Waals surface area contributed by atoms with Crippen molar-refractivity contribution in [2.24, 2.45) is 0 Å². The number of carbonyl (C=O) groups is 1. The Morgan fingerprint density at radius 1 is 1.25 bits per heavy atom. The molecule has 0 atom stereocenters. The molecule has 2 aromatic carbocycles. The van der Waals surface area contributed by atoms with Crippen molar-refractivity contribution in [1.29, 1.82) is 0 Å². The Bertz CT molecular complexity index is 865. The van der Waals surface area contributed by atoms with Crippen molar-refractivity contribution in [3.05, 3.63) is 42.0 Å². The fourth-order valence-corrected chi connectivity index (χ4v) is 3.76. The number of hydrogen-bond acceptors (Lipinski definition) is 6. The molecule has 0 saturated carbocycles. The Hall–Kier alpha value is -2.25. The number of ether oxygens (including phenoxy) is 2. The van der Waals surface area contributed by atoms with Gasteiger partial charge in [-0.25, -0.2) is 4.98 Å². The van der Waals surface area contributed by atoms with E-state index in [1.807, 2.05) is 42.7 Å². The molecule has 122 valence electrons. The van der Waals surface area contributed by atoms with Crippen LogP contribution in [0.2, 0.25) is 0 Å². The lowest BCUT2D eigenvalue weighted by molar-refractivity contribution is -0.115. The van der Waals surface area contributed by atoms with Gasteiger partial charge in [0.05, 0.1) is 16.6 Å². The van der Waals surface area contributed by atoms with Crippen LogP contribution >= 0.6 is 23.1 Å². The topological polar surface area (TPSA) is 60.5 Å². The lowest BCUT2D eigenvalue weighted by Crippen LogP contribution is -2.14. The molecule has 0 radical (unpaired) electrons. The van der Waals surface area contributed by atoms with Gasteiger partial charge in [-0.1, -0.05) is 23.5 Å². The molecule has 1 amide bonds. The van der Waals surface area contributed by atoms with E-state index in [2.05, 4.69) is 10.3 Å². The molecule has 0 spiro atoms. The number of anilines is 1. The fraction of sp³-hybridized carbons (Fsp3) is 0.176. The highest BCUT2D eigenvalue weighted by molar-refractivity contribution is 7.98. The summed E-state index contributed by atoms with van der Waals surface area (Å²) < 4.78 is 11.7. The summed E-state index contributed by atoms with van der Waals surface area (Å²) in [5.41, 5.74) is 1.77. The standard InChI is InChI=1S/C17H14N2O3S2/c1-23-11-4-2-10(3-5-11)6-16(20)19-17-18-12-7-13-14(22-9-21-13)8-15(12)24-17/h2-5,7-8H,6,9H2,1H3,(H,18,19,20). The smallest absolute Gasteiger partial charge is 0.231 e. The minimum Gasteiger partial charge on any atom is -0.454 e. The maximum atomic E-state index is 12.2. The Kier molecular flexibility index (Phi) is 4.03. The molecule has 0 fully saturated rings. The van der Waals surface area contributed by atoms with Gasteiger partial charge in [0.25, 0.3) is 0 Å². The number of aromatic nitrogens is 1. The van der Waals surface area contributed by atoms with Crippen LogP contribution in [0.25, 0.3) is 10.2 Å². The molecule has 0 saturated heterocycles. The van der Waals surface area contributed by atoms with Crippen LogP contribution in [-0.4, -0.2) is 23.9 Å². The number of nitrogens with one attached hydrogen (secondary N) is 1. The average molecular weight is 358 g/mol. The van der Waals surface area contributed by atoms with Crippen LogP contribution in [0.3, 0.4) is 0 Å². The summed E-state index contributed by atoms with van der Waals surface area (Å²) >= 11 is 3.11. The Morgan fingerprint density at radius 3 is 2.75 bits per heavy atom. The van der Waals surface area contributed by atoms with Gasteiger partial charge in [-0.3, -0.25) is 4.79 Å². The molecular formula is C17H14N2O3S2. The molecule has 3 aromatic rings. The van der Waals surface area contributed by atoms with Crippen molar-refractivity contribution in [2.75, 3.05) is 18.4 Å². The minimum absolute atomic E-state index is 0.0778. The van der Waals surface area contributed by atoms with E-state index in [4.69, 9.17) is 9.47 Å². The van der Waals surface area contributed by atoms with E-state index in [1.165, 1.54) is 16.2 Å². The van der Waals surface area contributed by atoms with Gasteiger partial charge in [-0.05, 0) is 24.0 Å². The number of rotatable bonds is 4. The first-order valence-electron chi connectivity index (χ1n) is 7.34. The normalized spacial score (nSPS) is 12.5. The molecule has 24 heavy (non-hydrogen) atoms. The highest BCUT2D eigenvalue weighted by Gasteiger charge is 2.17. The molecule has 0 unspecified atom stereocenters. The zero-order chi connectivity index (χ0) is 16.5. The highest BCUT2D eigenvalue weighted by Crippen LogP contribution is 2.38. The van der Waals surface area contributed by atoms with E-state index in [-0.39, 0.29) is 12.7 Å². The zero-order valence-corrected chi connectivity index (χ0v) is 14.5. The van der Waals surface area contributed by atoms with Gasteiger partial charge in [-0.15, -0.1) is 11.8 Å². The number of benzene rings is 2. The van der Waals surface area contributed by atoms with Crippen LogP contribution in [0.1, 0.15) is 5.56 Å². The quantitative estimate of drug-likeness (QED) is 0.716. The molecule has 4 rings (SSSR count). The van der Waals surface area contributed by atoms with Crippen molar-refractivity contribution in [2.45, 2.75) is 11.3 Å². The molecule has 1 N–H and O–H groups in total. The Balaban J connectivity index is 1.48. The molecule has 5 nitrogen and oxygen atoms in total. The Labute approximate surface area is 147 Å². The van der Waals surface area contributed by atoms with Crippen molar-refractivity contribution >= 4 is 44.4 Å². The van der Waals surface area contributed by atoms with Crippen LogP contribution in [-0.2, 0) is 11.2 Å². The number of thiazole rings is 1. The van der Waals surface area contributed by atoms with Crippen LogP contribution in [0.4, 0.5) is 5.13 Å². The minimum atomic E-state index is -0.0778. The van der Waals surface area contributed by atoms with Gasteiger partial charge in [0.15, 0.2) is 16.6 Å². The zero-order valence-electron chi connectivity index (χ0n) is 12.9. The number of carbonyl (C=O) groups excluding carboxylic acids is 1. The van der Waals surface area contributed by atoms with Gasteiger partial charge in [0.2, 0.25) is 12.7 Å². The maximum Gasteiger partial charge on any atom is 0.231 e. The summed E-state index contributed by atoms with van der Waals surface area (Å²) in [4.78, 5) is 17.8. The SMILES string of the molecule is CSc1ccc(CC(=O)Nc2nc3cc4c(cc3s2)OCO4)cc1. The number of thioether (sulfide) groups is 1. The van der Waals surface area contributed by atoms with E-state index in [0.29, 0.717) is 17.3 Å². The van der Waals surface area contributed by atoms with E-state index in [9.17, 15) is 4.79 Å². The second kappa shape index (κ2) is 6.33. The van der Waals surface area contributed by atoms with Crippen LogP contribution in [0, 0.1) is 0 Å². The third-order valence-electron chi connectivity index (χ3n) is 3.65. The van der Waals surface area contributed by atoms with Crippen LogP contribution in [0.15, 0.2) is 41.3 Å². The van der Waals surface area contributed by atoms with Crippen molar-refractivity contribution in [3.8, 4) is 11.5 Å². The molecule has 0 aliphatic carbocycles. The highest BCUT2D eigenvalue weighted by atomic mass is 32.2. The van der Waals surface area contributed by atoms with E-state index >= 15 is 0 Å². The largest absolute Gasteiger partial charge is 0.454 e. The first-order valence-corrected chi connectivity index (χ1v) is 9.38. The number of amides is 1. The van der Waals surface area contributed by atoms with Crippen LogP contribution < -0.4 is 14.8 Å². The van der Waals surface area contributed by atoms with Gasteiger partial charge >= 0.3 is 0 Å². The maximum absolute atomic E-state index is 12.2. The van der Waals surface area contributed by atoms with Crippen LogP contribution in [0.5, 0.6) is 11.5 Å². The molecule has 0 bridgehead atoms. The summed E-state index contributed by atoms with van der Waals surface area (Å²) in [6.45, 7) is 0.242. The number of hydrogen-bond donors (Lipinski definition) is 1. The third kappa shape index (κ3) is 3.05.